The van der Waals surface area contributed by atoms with E-state index < -0.39 is 0 Å². The Morgan fingerprint density at radius 2 is 2.00 bits per heavy atom. The number of nitrogens with one attached hydrogen (secondary N) is 1. The Labute approximate surface area is 192 Å². The summed E-state index contributed by atoms with van der Waals surface area (Å²) in [5.74, 6) is 0.930. The molecule has 1 aromatic heterocycles. The first-order chi connectivity index (χ1) is 15.5. The smallest absolute Gasteiger partial charge is 0.126 e. The summed E-state index contributed by atoms with van der Waals surface area (Å²) >= 11 is 0. The Kier molecular flexibility index (Phi) is 6.91. The van der Waals surface area contributed by atoms with Gasteiger partial charge in [-0.1, -0.05) is 43.0 Å². The first-order valence-corrected chi connectivity index (χ1v) is 11.5. The number of rotatable bonds is 8. The number of anilines is 1. The summed E-state index contributed by atoms with van der Waals surface area (Å²) in [7, 11) is 6.25. The molecule has 1 aliphatic heterocycles. The number of allylic oxidation sites excluding steroid dienone is 2. The number of aryl methyl sites for hydroxylation is 1. The van der Waals surface area contributed by atoms with Crippen LogP contribution in [0.1, 0.15) is 28.7 Å². The Morgan fingerprint density at radius 3 is 2.81 bits per heavy atom. The van der Waals surface area contributed by atoms with Crippen LogP contribution < -0.4 is 5.32 Å². The van der Waals surface area contributed by atoms with E-state index in [9.17, 15) is 0 Å². The molecule has 2 heterocycles. The summed E-state index contributed by atoms with van der Waals surface area (Å²) in [6.07, 6.45) is 9.29. The summed E-state index contributed by atoms with van der Waals surface area (Å²) in [4.78, 5) is 9.03. The minimum atomic E-state index is 0.913. The second-order valence-electron chi connectivity index (χ2n) is 9.00. The molecule has 3 aromatic rings. The van der Waals surface area contributed by atoms with Crippen LogP contribution >= 0.6 is 0 Å². The van der Waals surface area contributed by atoms with Crippen LogP contribution in [0.5, 0.6) is 0 Å². The van der Waals surface area contributed by atoms with Gasteiger partial charge in [-0.25, -0.2) is 4.98 Å². The first kappa shape index (κ1) is 22.1. The van der Waals surface area contributed by atoms with Crippen LogP contribution in [0.3, 0.4) is 0 Å². The fraction of sp³-hybridized carbons (Fsp3) is 0.321. The Bertz CT molecular complexity index is 1130. The van der Waals surface area contributed by atoms with E-state index in [0.717, 1.165) is 61.2 Å². The monoisotopic (exact) mass is 426 g/mol. The number of pyridine rings is 1. The highest BCUT2D eigenvalue weighted by Gasteiger charge is 2.13. The molecule has 0 bridgehead atoms. The highest BCUT2D eigenvalue weighted by atomic mass is 15.1. The van der Waals surface area contributed by atoms with E-state index in [0.29, 0.717) is 0 Å². The maximum Gasteiger partial charge on any atom is 0.126 e. The lowest BCUT2D eigenvalue weighted by atomic mass is 9.96. The van der Waals surface area contributed by atoms with Gasteiger partial charge < -0.3 is 15.1 Å². The number of benzene rings is 2. The van der Waals surface area contributed by atoms with Gasteiger partial charge in [0.2, 0.25) is 0 Å². The van der Waals surface area contributed by atoms with Crippen molar-refractivity contribution in [1.29, 1.82) is 0 Å². The zero-order valence-corrected chi connectivity index (χ0v) is 19.6. The van der Waals surface area contributed by atoms with Crippen molar-refractivity contribution < 1.29 is 0 Å². The van der Waals surface area contributed by atoms with E-state index in [1.807, 2.05) is 31.3 Å². The number of hydrogen-bond acceptors (Lipinski definition) is 4. The van der Waals surface area contributed by atoms with Crippen molar-refractivity contribution in [1.82, 2.24) is 14.8 Å². The maximum atomic E-state index is 4.60. The molecule has 0 atom stereocenters. The van der Waals surface area contributed by atoms with Crippen LogP contribution in [0.15, 0.2) is 67.5 Å². The SMILES string of the molecule is C=C/C(=C\N(C)C)c1ccc2cnc(NCCCc3ccc4c(c3)CCN(C)C4)cc2c1. The van der Waals surface area contributed by atoms with Crippen LogP contribution in [0.4, 0.5) is 5.82 Å². The maximum absolute atomic E-state index is 4.60. The Hall–Kier alpha value is -3.11. The van der Waals surface area contributed by atoms with Gasteiger partial charge in [0.05, 0.1) is 0 Å². The lowest BCUT2D eigenvalue weighted by Gasteiger charge is -2.25. The van der Waals surface area contributed by atoms with Gasteiger partial charge in [-0.3, -0.25) is 0 Å². The topological polar surface area (TPSA) is 31.4 Å². The molecule has 4 heteroatoms. The lowest BCUT2D eigenvalue weighted by Crippen LogP contribution is -2.26. The van der Waals surface area contributed by atoms with Gasteiger partial charge in [0.25, 0.3) is 0 Å². The second-order valence-corrected chi connectivity index (χ2v) is 9.00. The minimum Gasteiger partial charge on any atom is -0.383 e. The highest BCUT2D eigenvalue weighted by Crippen LogP contribution is 2.24. The van der Waals surface area contributed by atoms with Gasteiger partial charge in [-0.15, -0.1) is 0 Å². The van der Waals surface area contributed by atoms with Gasteiger partial charge in [-0.05, 0) is 71.7 Å². The summed E-state index contributed by atoms with van der Waals surface area (Å²) in [6.45, 7) is 7.12. The molecule has 4 rings (SSSR count). The zero-order valence-electron chi connectivity index (χ0n) is 19.6. The van der Waals surface area contributed by atoms with Crippen molar-refractivity contribution >= 4 is 22.2 Å². The third kappa shape index (κ3) is 5.38. The summed E-state index contributed by atoms with van der Waals surface area (Å²) in [5, 5.41) is 5.84. The van der Waals surface area contributed by atoms with Crippen molar-refractivity contribution in [2.75, 3.05) is 39.5 Å². The first-order valence-electron chi connectivity index (χ1n) is 11.5. The summed E-state index contributed by atoms with van der Waals surface area (Å²) < 4.78 is 0. The lowest BCUT2D eigenvalue weighted by molar-refractivity contribution is 0.313. The van der Waals surface area contributed by atoms with Crippen molar-refractivity contribution in [2.24, 2.45) is 0 Å². The summed E-state index contributed by atoms with van der Waals surface area (Å²) in [5.41, 5.74) is 6.73. The standard InChI is InChI=1S/C28H34N4/c1-5-22(19-31(2)3)23-10-11-25-18-30-28(17-27(25)16-23)29-13-6-7-21-8-9-26-20-32(4)14-12-24(26)15-21/h5,8-11,15-19H,1,6-7,12-14,20H2,2-4H3,(H,29,30)/b22-19+. The number of nitrogens with zero attached hydrogens (tertiary/aromatic N) is 3. The highest BCUT2D eigenvalue weighted by molar-refractivity contribution is 5.88. The Balaban J connectivity index is 1.37. The average molecular weight is 427 g/mol. The normalized spacial score (nSPS) is 14.3. The van der Waals surface area contributed by atoms with E-state index in [2.05, 4.69) is 77.5 Å². The average Bonchev–Trinajstić information content (AvgIpc) is 2.79. The number of fused-ring (bicyclic) bond motifs is 2. The van der Waals surface area contributed by atoms with Gasteiger partial charge in [0, 0.05) is 51.5 Å². The third-order valence-electron chi connectivity index (χ3n) is 6.09. The predicted octanol–water partition coefficient (Wildman–Crippen LogP) is 5.36. The molecule has 0 saturated heterocycles. The van der Waals surface area contributed by atoms with Gasteiger partial charge in [0.15, 0.2) is 0 Å². The van der Waals surface area contributed by atoms with E-state index in [1.54, 1.807) is 0 Å². The van der Waals surface area contributed by atoms with E-state index in [4.69, 9.17) is 0 Å². The van der Waals surface area contributed by atoms with Crippen LogP contribution in [0, 0.1) is 0 Å². The fourth-order valence-corrected chi connectivity index (χ4v) is 4.35. The fourth-order valence-electron chi connectivity index (χ4n) is 4.35. The van der Waals surface area contributed by atoms with Gasteiger partial charge in [0.1, 0.15) is 5.82 Å². The number of aromatic nitrogens is 1. The molecule has 0 fully saturated rings. The molecule has 1 N–H and O–H groups in total. The minimum absolute atomic E-state index is 0.913. The van der Waals surface area contributed by atoms with E-state index in [-0.39, 0.29) is 0 Å². The molecule has 0 spiro atoms. The zero-order chi connectivity index (χ0) is 22.5. The van der Waals surface area contributed by atoms with Crippen molar-refractivity contribution in [2.45, 2.75) is 25.8 Å². The van der Waals surface area contributed by atoms with E-state index >= 15 is 0 Å². The molecular weight excluding hydrogens is 392 g/mol. The molecule has 2 aromatic carbocycles. The van der Waals surface area contributed by atoms with Crippen molar-refractivity contribution in [3.8, 4) is 0 Å². The van der Waals surface area contributed by atoms with E-state index in [1.165, 1.54) is 22.1 Å². The van der Waals surface area contributed by atoms with Gasteiger partial charge >= 0.3 is 0 Å². The van der Waals surface area contributed by atoms with Crippen LogP contribution in [0.25, 0.3) is 16.3 Å². The van der Waals surface area contributed by atoms with Crippen LogP contribution in [-0.2, 0) is 19.4 Å². The predicted molar refractivity (Wildman–Crippen MR) is 137 cm³/mol. The molecule has 0 aliphatic carbocycles. The Morgan fingerprint density at radius 1 is 1.12 bits per heavy atom. The molecule has 0 amide bonds. The molecule has 0 unspecified atom stereocenters. The summed E-state index contributed by atoms with van der Waals surface area (Å²) in [6, 6.07) is 15.6. The van der Waals surface area contributed by atoms with Crippen molar-refractivity contribution in [3.05, 3.63) is 89.8 Å². The number of hydrogen-bond donors (Lipinski definition) is 1. The second kappa shape index (κ2) is 10.0. The molecule has 0 saturated carbocycles. The van der Waals surface area contributed by atoms with Gasteiger partial charge in [-0.2, -0.15) is 0 Å². The quantitative estimate of drug-likeness (QED) is 0.388. The van der Waals surface area contributed by atoms with Crippen molar-refractivity contribution in [3.63, 3.8) is 0 Å². The molecule has 0 radical (unpaired) electrons. The molecular formula is C28H34N4. The largest absolute Gasteiger partial charge is 0.383 e. The molecule has 32 heavy (non-hydrogen) atoms. The van der Waals surface area contributed by atoms with Crippen LogP contribution in [-0.4, -0.2) is 49.0 Å². The molecule has 166 valence electrons. The molecule has 4 nitrogen and oxygen atoms in total. The van der Waals surface area contributed by atoms with Crippen LogP contribution in [0.2, 0.25) is 0 Å². The number of likely N-dealkylation sites (N-methyl/N-ethyl adjacent to an activating group) is 1. The third-order valence-corrected chi connectivity index (χ3v) is 6.09. The molecule has 1 aliphatic rings.